The van der Waals surface area contributed by atoms with Crippen LogP contribution in [0.5, 0.6) is 11.5 Å². The number of aliphatic hydroxyl groups is 1. The van der Waals surface area contributed by atoms with Crippen LogP contribution in [-0.4, -0.2) is 22.3 Å². The molecule has 2 heterocycles. The van der Waals surface area contributed by atoms with Crippen molar-refractivity contribution in [2.75, 3.05) is 0 Å². The SMILES string of the molecule is O=C1OC2(C3=CC[C@@H](O)C=C3Oc3cc(O)ccc32)c2ccccc21. The highest BCUT2D eigenvalue weighted by atomic mass is 16.6. The Labute approximate surface area is 143 Å². The summed E-state index contributed by atoms with van der Waals surface area (Å²) in [6.07, 6.45) is 3.21. The number of esters is 1. The average molecular weight is 334 g/mol. The van der Waals surface area contributed by atoms with E-state index in [-0.39, 0.29) is 5.75 Å². The van der Waals surface area contributed by atoms with Gasteiger partial charge < -0.3 is 19.7 Å². The molecular weight excluding hydrogens is 320 g/mol. The first kappa shape index (κ1) is 14.3. The van der Waals surface area contributed by atoms with Gasteiger partial charge in [0.2, 0.25) is 0 Å². The summed E-state index contributed by atoms with van der Waals surface area (Å²) in [6.45, 7) is 0. The van der Waals surface area contributed by atoms with Gasteiger partial charge in [0.1, 0.15) is 17.3 Å². The second-order valence-electron chi connectivity index (χ2n) is 6.35. The van der Waals surface area contributed by atoms with Crippen LogP contribution in [0.25, 0.3) is 0 Å². The molecule has 0 fully saturated rings. The molecule has 5 rings (SSSR count). The molecule has 5 heteroatoms. The van der Waals surface area contributed by atoms with Crippen LogP contribution in [-0.2, 0) is 10.3 Å². The average Bonchev–Trinajstić information content (AvgIpc) is 2.88. The lowest BCUT2D eigenvalue weighted by molar-refractivity contribution is 0.0195. The molecule has 25 heavy (non-hydrogen) atoms. The van der Waals surface area contributed by atoms with Crippen LogP contribution < -0.4 is 4.74 Å². The predicted molar refractivity (Wildman–Crippen MR) is 88.2 cm³/mol. The summed E-state index contributed by atoms with van der Waals surface area (Å²) in [5.74, 6) is 0.502. The second-order valence-corrected chi connectivity index (χ2v) is 6.35. The zero-order valence-electron chi connectivity index (χ0n) is 13.1. The molecule has 0 aromatic heterocycles. The summed E-state index contributed by atoms with van der Waals surface area (Å²) in [5, 5.41) is 19.8. The Bertz CT molecular complexity index is 987. The number of benzene rings is 2. The molecule has 1 spiro atoms. The van der Waals surface area contributed by atoms with Gasteiger partial charge in [-0.1, -0.05) is 24.3 Å². The molecule has 0 bridgehead atoms. The number of aromatic hydroxyl groups is 1. The zero-order valence-corrected chi connectivity index (χ0v) is 13.1. The van der Waals surface area contributed by atoms with Crippen molar-refractivity contribution < 1.29 is 24.5 Å². The molecule has 0 saturated heterocycles. The van der Waals surface area contributed by atoms with Crippen LogP contribution in [0.2, 0.25) is 0 Å². The molecule has 5 nitrogen and oxygen atoms in total. The van der Waals surface area contributed by atoms with Gasteiger partial charge in [-0.25, -0.2) is 4.79 Å². The number of rotatable bonds is 0. The number of phenolic OH excluding ortho intramolecular Hbond substituents is 1. The molecule has 2 atom stereocenters. The summed E-state index contributed by atoms with van der Waals surface area (Å²) < 4.78 is 11.8. The van der Waals surface area contributed by atoms with Gasteiger partial charge in [-0.15, -0.1) is 0 Å². The Hall–Kier alpha value is -3.05. The van der Waals surface area contributed by atoms with Crippen LogP contribution in [0, 0.1) is 0 Å². The van der Waals surface area contributed by atoms with Crippen LogP contribution >= 0.6 is 0 Å². The minimum Gasteiger partial charge on any atom is -0.508 e. The standard InChI is InChI=1S/C20H14O5/c21-11-5-7-15-17(9-11)24-18-10-12(22)6-8-16(18)20(15)14-4-2-1-3-13(14)19(23)25-20/h1-5,7-10,12,21-22H,6H2/t12-,20?/m1/s1. The van der Waals surface area contributed by atoms with E-state index in [0.29, 0.717) is 34.6 Å². The molecule has 0 radical (unpaired) electrons. The van der Waals surface area contributed by atoms with Crippen molar-refractivity contribution in [1.29, 1.82) is 0 Å². The zero-order chi connectivity index (χ0) is 17.2. The summed E-state index contributed by atoms with van der Waals surface area (Å²) in [6, 6.07) is 12.0. The maximum absolute atomic E-state index is 12.5. The predicted octanol–water partition coefficient (Wildman–Crippen LogP) is 2.77. The van der Waals surface area contributed by atoms with Crippen LogP contribution in [0.15, 0.2) is 65.9 Å². The van der Waals surface area contributed by atoms with Crippen LogP contribution in [0.3, 0.4) is 0 Å². The number of ether oxygens (including phenoxy) is 2. The summed E-state index contributed by atoms with van der Waals surface area (Å²) in [7, 11) is 0. The van der Waals surface area contributed by atoms with Gasteiger partial charge in [-0.3, -0.25) is 0 Å². The normalized spacial score (nSPS) is 26.0. The first-order chi connectivity index (χ1) is 12.1. The Morgan fingerprint density at radius 3 is 2.84 bits per heavy atom. The van der Waals surface area contributed by atoms with Crippen molar-refractivity contribution in [3.8, 4) is 11.5 Å². The monoisotopic (exact) mass is 334 g/mol. The third-order valence-electron chi connectivity index (χ3n) is 4.89. The smallest absolute Gasteiger partial charge is 0.340 e. The molecule has 2 aromatic rings. The van der Waals surface area contributed by atoms with E-state index in [2.05, 4.69) is 0 Å². The maximum Gasteiger partial charge on any atom is 0.340 e. The van der Waals surface area contributed by atoms with E-state index in [1.165, 1.54) is 6.07 Å². The van der Waals surface area contributed by atoms with Crippen molar-refractivity contribution in [2.45, 2.75) is 18.1 Å². The summed E-state index contributed by atoms with van der Waals surface area (Å²) in [4.78, 5) is 12.5. The lowest BCUT2D eigenvalue weighted by atomic mass is 9.75. The highest BCUT2D eigenvalue weighted by Gasteiger charge is 2.55. The number of fused-ring (bicyclic) bond motifs is 6. The summed E-state index contributed by atoms with van der Waals surface area (Å²) >= 11 is 0. The van der Waals surface area contributed by atoms with E-state index in [9.17, 15) is 15.0 Å². The van der Waals surface area contributed by atoms with E-state index in [0.717, 1.165) is 5.56 Å². The van der Waals surface area contributed by atoms with E-state index >= 15 is 0 Å². The van der Waals surface area contributed by atoms with E-state index in [1.807, 2.05) is 18.2 Å². The molecule has 1 aliphatic carbocycles. The van der Waals surface area contributed by atoms with Gasteiger partial charge >= 0.3 is 5.97 Å². The van der Waals surface area contributed by atoms with Gasteiger partial charge in [-0.2, -0.15) is 0 Å². The molecular formula is C20H14O5. The first-order valence-electron chi connectivity index (χ1n) is 8.04. The molecule has 1 unspecified atom stereocenters. The van der Waals surface area contributed by atoms with Crippen molar-refractivity contribution in [3.05, 3.63) is 82.6 Å². The number of carbonyl (C=O) groups is 1. The van der Waals surface area contributed by atoms with Gasteiger partial charge in [0.15, 0.2) is 5.60 Å². The van der Waals surface area contributed by atoms with Crippen LogP contribution in [0.4, 0.5) is 0 Å². The molecule has 2 aromatic carbocycles. The Morgan fingerprint density at radius 2 is 1.96 bits per heavy atom. The Morgan fingerprint density at radius 1 is 1.12 bits per heavy atom. The van der Waals surface area contributed by atoms with Gasteiger partial charge in [0.25, 0.3) is 0 Å². The fraction of sp³-hybridized carbons (Fsp3) is 0.150. The fourth-order valence-corrected chi connectivity index (χ4v) is 3.85. The fourth-order valence-electron chi connectivity index (χ4n) is 3.85. The van der Waals surface area contributed by atoms with Gasteiger partial charge in [-0.05, 0) is 30.7 Å². The van der Waals surface area contributed by atoms with Crippen molar-refractivity contribution >= 4 is 5.97 Å². The second kappa shape index (κ2) is 4.74. The number of carbonyl (C=O) groups excluding carboxylic acids is 1. The maximum atomic E-state index is 12.5. The largest absolute Gasteiger partial charge is 0.508 e. The van der Waals surface area contributed by atoms with Gasteiger partial charge in [0.05, 0.1) is 11.7 Å². The molecule has 0 saturated carbocycles. The Kier molecular flexibility index (Phi) is 2.71. The molecule has 2 N–H and O–H groups in total. The first-order valence-corrected chi connectivity index (χ1v) is 8.04. The highest BCUT2D eigenvalue weighted by Crippen LogP contribution is 2.56. The topological polar surface area (TPSA) is 76.0 Å². The number of hydrogen-bond donors (Lipinski definition) is 2. The van der Waals surface area contributed by atoms with Crippen molar-refractivity contribution in [2.24, 2.45) is 0 Å². The third kappa shape index (κ3) is 1.78. The van der Waals surface area contributed by atoms with E-state index < -0.39 is 17.7 Å². The summed E-state index contributed by atoms with van der Waals surface area (Å²) in [5.41, 5.74) is 1.48. The minimum atomic E-state index is -1.12. The number of phenols is 1. The number of aliphatic hydroxyl groups excluding tert-OH is 1. The molecule has 0 amide bonds. The molecule has 3 aliphatic rings. The lowest BCUT2D eigenvalue weighted by Gasteiger charge is -2.39. The van der Waals surface area contributed by atoms with Gasteiger partial charge in [0, 0.05) is 22.8 Å². The van der Waals surface area contributed by atoms with Crippen molar-refractivity contribution in [1.82, 2.24) is 0 Å². The van der Waals surface area contributed by atoms with E-state index in [1.54, 1.807) is 30.3 Å². The quantitative estimate of drug-likeness (QED) is 0.725. The van der Waals surface area contributed by atoms with Crippen molar-refractivity contribution in [3.63, 3.8) is 0 Å². The third-order valence-corrected chi connectivity index (χ3v) is 4.89. The van der Waals surface area contributed by atoms with E-state index in [4.69, 9.17) is 9.47 Å². The highest BCUT2D eigenvalue weighted by molar-refractivity contribution is 5.97. The Balaban J connectivity index is 1.87. The lowest BCUT2D eigenvalue weighted by Crippen LogP contribution is -2.37. The minimum absolute atomic E-state index is 0.0518. The molecule has 124 valence electrons. The molecule has 2 aliphatic heterocycles. The van der Waals surface area contributed by atoms with Crippen LogP contribution in [0.1, 0.15) is 27.9 Å². The number of hydrogen-bond acceptors (Lipinski definition) is 5.